The Balaban J connectivity index is 1.60. The first-order valence-electron chi connectivity index (χ1n) is 6.90. The van der Waals surface area contributed by atoms with Gasteiger partial charge in [0.15, 0.2) is 0 Å². The van der Waals surface area contributed by atoms with Gasteiger partial charge in [-0.05, 0) is 6.42 Å². The van der Waals surface area contributed by atoms with Gasteiger partial charge in [-0.1, -0.05) is 5.21 Å². The minimum absolute atomic E-state index is 0.163. The lowest BCUT2D eigenvalue weighted by Crippen LogP contribution is -2.46. The summed E-state index contributed by atoms with van der Waals surface area (Å²) in [5.74, 6) is 0.163. The van der Waals surface area contributed by atoms with Crippen molar-refractivity contribution in [2.24, 2.45) is 0 Å². The van der Waals surface area contributed by atoms with E-state index >= 15 is 0 Å². The van der Waals surface area contributed by atoms with E-state index in [1.807, 2.05) is 0 Å². The van der Waals surface area contributed by atoms with Crippen LogP contribution in [0.15, 0.2) is 12.4 Å². The van der Waals surface area contributed by atoms with Crippen LogP contribution in [0.25, 0.3) is 0 Å². The Morgan fingerprint density at radius 3 is 2.75 bits per heavy atom. The molecule has 1 fully saturated rings. The Hall–Kier alpha value is -1.03. The standard InChI is InChI=1S/C11H22N6O2S/c18-20(19,11-10-16-7-3-12-4-8-16)14-2-1-6-17-9-5-13-15-17/h5,9,12,14H,1-4,6-8,10-11H2. The Bertz CT molecular complexity index is 469. The van der Waals surface area contributed by atoms with Crippen LogP contribution in [-0.2, 0) is 16.6 Å². The third-order valence-electron chi connectivity index (χ3n) is 3.24. The molecule has 1 aliphatic rings. The molecule has 0 spiro atoms. The normalized spacial score (nSPS) is 17.4. The number of nitrogens with one attached hydrogen (secondary N) is 2. The predicted octanol–water partition coefficient (Wildman–Crippen LogP) is -1.51. The monoisotopic (exact) mass is 302 g/mol. The van der Waals surface area contributed by atoms with E-state index in [0.29, 0.717) is 26.1 Å². The number of nitrogens with zero attached hydrogens (tertiary/aromatic N) is 4. The van der Waals surface area contributed by atoms with E-state index in [1.165, 1.54) is 0 Å². The van der Waals surface area contributed by atoms with E-state index in [2.05, 4.69) is 25.3 Å². The lowest BCUT2D eigenvalue weighted by Gasteiger charge is -2.26. The number of aryl methyl sites for hydroxylation is 1. The number of hydrogen-bond donors (Lipinski definition) is 2. The van der Waals surface area contributed by atoms with Gasteiger partial charge in [-0.15, -0.1) is 5.10 Å². The highest BCUT2D eigenvalue weighted by Crippen LogP contribution is 1.95. The number of piperazine rings is 1. The Morgan fingerprint density at radius 2 is 2.05 bits per heavy atom. The van der Waals surface area contributed by atoms with Crippen LogP contribution in [0.2, 0.25) is 0 Å². The average molecular weight is 302 g/mol. The molecule has 0 radical (unpaired) electrons. The first-order valence-corrected chi connectivity index (χ1v) is 8.55. The van der Waals surface area contributed by atoms with Gasteiger partial charge in [0, 0.05) is 52.0 Å². The van der Waals surface area contributed by atoms with Crippen molar-refractivity contribution in [3.05, 3.63) is 12.4 Å². The molecule has 8 nitrogen and oxygen atoms in total. The van der Waals surface area contributed by atoms with Crippen molar-refractivity contribution in [3.8, 4) is 0 Å². The first-order chi connectivity index (χ1) is 9.66. The van der Waals surface area contributed by atoms with E-state index in [-0.39, 0.29) is 5.75 Å². The maximum Gasteiger partial charge on any atom is 0.212 e. The summed E-state index contributed by atoms with van der Waals surface area (Å²) in [5, 5.41) is 10.8. The summed E-state index contributed by atoms with van der Waals surface area (Å²) in [4.78, 5) is 2.17. The molecular formula is C11H22N6O2S. The summed E-state index contributed by atoms with van der Waals surface area (Å²) in [5.41, 5.74) is 0. The van der Waals surface area contributed by atoms with E-state index in [9.17, 15) is 8.42 Å². The quantitative estimate of drug-likeness (QED) is 0.568. The minimum atomic E-state index is -3.18. The first kappa shape index (κ1) is 15.4. The molecule has 2 heterocycles. The third kappa shape index (κ3) is 5.53. The van der Waals surface area contributed by atoms with E-state index in [1.54, 1.807) is 17.1 Å². The molecule has 20 heavy (non-hydrogen) atoms. The highest BCUT2D eigenvalue weighted by molar-refractivity contribution is 7.89. The van der Waals surface area contributed by atoms with Crippen molar-refractivity contribution in [3.63, 3.8) is 0 Å². The van der Waals surface area contributed by atoms with E-state index in [0.717, 1.165) is 26.2 Å². The number of aromatic nitrogens is 3. The summed E-state index contributed by atoms with van der Waals surface area (Å²) >= 11 is 0. The Morgan fingerprint density at radius 1 is 1.25 bits per heavy atom. The largest absolute Gasteiger partial charge is 0.314 e. The van der Waals surface area contributed by atoms with Gasteiger partial charge < -0.3 is 5.32 Å². The fourth-order valence-corrected chi connectivity index (χ4v) is 3.18. The molecule has 0 saturated carbocycles. The van der Waals surface area contributed by atoms with Crippen LogP contribution in [0.4, 0.5) is 0 Å². The molecule has 2 rings (SSSR count). The number of hydrogen-bond acceptors (Lipinski definition) is 6. The maximum absolute atomic E-state index is 11.8. The highest BCUT2D eigenvalue weighted by atomic mass is 32.2. The van der Waals surface area contributed by atoms with Crippen LogP contribution >= 0.6 is 0 Å². The van der Waals surface area contributed by atoms with Crippen LogP contribution in [0.1, 0.15) is 6.42 Å². The lowest BCUT2D eigenvalue weighted by molar-refractivity contribution is 0.253. The second-order valence-electron chi connectivity index (χ2n) is 4.82. The fraction of sp³-hybridized carbons (Fsp3) is 0.818. The zero-order chi connectivity index (χ0) is 14.3. The lowest BCUT2D eigenvalue weighted by atomic mass is 10.4. The van der Waals surface area contributed by atoms with E-state index < -0.39 is 10.0 Å². The van der Waals surface area contributed by atoms with Gasteiger partial charge >= 0.3 is 0 Å². The number of sulfonamides is 1. The molecule has 1 aliphatic heterocycles. The van der Waals surface area contributed by atoms with Crippen molar-refractivity contribution >= 4 is 10.0 Å². The van der Waals surface area contributed by atoms with Gasteiger partial charge in [-0.3, -0.25) is 9.58 Å². The molecule has 2 N–H and O–H groups in total. The molecule has 0 bridgehead atoms. The smallest absolute Gasteiger partial charge is 0.212 e. The molecule has 1 saturated heterocycles. The van der Waals surface area contributed by atoms with Gasteiger partial charge in [0.25, 0.3) is 0 Å². The van der Waals surface area contributed by atoms with Crippen LogP contribution in [-0.4, -0.2) is 73.3 Å². The third-order valence-corrected chi connectivity index (χ3v) is 4.61. The molecule has 9 heteroatoms. The van der Waals surface area contributed by atoms with Gasteiger partial charge in [0.2, 0.25) is 10.0 Å². The van der Waals surface area contributed by atoms with Crippen molar-refractivity contribution < 1.29 is 8.42 Å². The molecule has 114 valence electrons. The zero-order valence-electron chi connectivity index (χ0n) is 11.5. The molecule has 0 amide bonds. The molecule has 0 aliphatic carbocycles. The summed E-state index contributed by atoms with van der Waals surface area (Å²) in [6.07, 6.45) is 4.08. The second-order valence-corrected chi connectivity index (χ2v) is 6.75. The SMILES string of the molecule is O=S(=O)(CCN1CCNCC1)NCCCn1ccnn1. The zero-order valence-corrected chi connectivity index (χ0v) is 12.3. The van der Waals surface area contributed by atoms with Gasteiger partial charge in [-0.2, -0.15) is 0 Å². The van der Waals surface area contributed by atoms with Crippen LogP contribution in [0.5, 0.6) is 0 Å². The molecule has 1 aromatic rings. The average Bonchev–Trinajstić information content (AvgIpc) is 2.96. The Labute approximate surface area is 119 Å². The molecular weight excluding hydrogens is 280 g/mol. The maximum atomic E-state index is 11.8. The minimum Gasteiger partial charge on any atom is -0.314 e. The molecule has 0 unspecified atom stereocenters. The molecule has 1 aromatic heterocycles. The number of rotatable bonds is 8. The van der Waals surface area contributed by atoms with Gasteiger partial charge in [0.05, 0.1) is 11.9 Å². The van der Waals surface area contributed by atoms with Crippen LogP contribution in [0.3, 0.4) is 0 Å². The summed E-state index contributed by atoms with van der Waals surface area (Å²) in [7, 11) is -3.18. The van der Waals surface area contributed by atoms with Gasteiger partial charge in [-0.25, -0.2) is 13.1 Å². The summed E-state index contributed by atoms with van der Waals surface area (Å²) < 4.78 is 28.0. The van der Waals surface area contributed by atoms with E-state index in [4.69, 9.17) is 0 Å². The van der Waals surface area contributed by atoms with Crippen molar-refractivity contribution in [2.75, 3.05) is 45.0 Å². The fourth-order valence-electron chi connectivity index (χ4n) is 2.08. The molecule has 0 aromatic carbocycles. The summed E-state index contributed by atoms with van der Waals surface area (Å²) in [6.45, 7) is 5.41. The highest BCUT2D eigenvalue weighted by Gasteiger charge is 2.14. The van der Waals surface area contributed by atoms with Gasteiger partial charge in [0.1, 0.15) is 0 Å². The molecule has 0 atom stereocenters. The Kier molecular flexibility index (Phi) is 5.89. The van der Waals surface area contributed by atoms with Crippen molar-refractivity contribution in [2.45, 2.75) is 13.0 Å². The predicted molar refractivity (Wildman–Crippen MR) is 75.7 cm³/mol. The van der Waals surface area contributed by atoms with Crippen molar-refractivity contribution in [1.29, 1.82) is 0 Å². The second kappa shape index (κ2) is 7.67. The topological polar surface area (TPSA) is 92.2 Å². The van der Waals surface area contributed by atoms with Crippen molar-refractivity contribution in [1.82, 2.24) is 29.9 Å². The van der Waals surface area contributed by atoms with Crippen LogP contribution in [0, 0.1) is 0 Å². The van der Waals surface area contributed by atoms with Crippen LogP contribution < -0.4 is 10.0 Å². The summed E-state index contributed by atoms with van der Waals surface area (Å²) in [6, 6.07) is 0.